The van der Waals surface area contributed by atoms with Crippen molar-refractivity contribution in [3.63, 3.8) is 0 Å². The number of methoxy groups -OCH3 is 2. The molecule has 2 atom stereocenters. The number of hydrogen-bond acceptors (Lipinski definition) is 4. The van der Waals surface area contributed by atoms with Crippen LogP contribution < -0.4 is 9.47 Å². The van der Waals surface area contributed by atoms with Gasteiger partial charge in [0.25, 0.3) is 0 Å². The van der Waals surface area contributed by atoms with Crippen LogP contribution in [-0.2, 0) is 11.3 Å². The molecule has 0 spiro atoms. The highest BCUT2D eigenvalue weighted by Crippen LogP contribution is 2.28. The molecular formula is C15H21NO4. The van der Waals surface area contributed by atoms with E-state index in [0.29, 0.717) is 25.3 Å². The van der Waals surface area contributed by atoms with Crippen molar-refractivity contribution in [2.45, 2.75) is 26.0 Å². The van der Waals surface area contributed by atoms with Crippen LogP contribution in [0.15, 0.2) is 18.2 Å². The maximum atomic E-state index is 12.0. The number of hydrogen-bond donors (Lipinski definition) is 1. The van der Waals surface area contributed by atoms with Gasteiger partial charge in [-0.05, 0) is 19.1 Å². The highest BCUT2D eigenvalue weighted by atomic mass is 16.5. The van der Waals surface area contributed by atoms with Gasteiger partial charge in [-0.1, -0.05) is 0 Å². The van der Waals surface area contributed by atoms with Gasteiger partial charge in [-0.3, -0.25) is 4.79 Å². The Kier molecular flexibility index (Phi) is 4.49. The minimum atomic E-state index is -0.457. The SMILES string of the molecule is COc1ccc(CN2CC(C(C)O)CC2=O)c(OC)c1. The van der Waals surface area contributed by atoms with Gasteiger partial charge in [-0.2, -0.15) is 0 Å². The molecule has 0 aliphatic carbocycles. The molecule has 2 unspecified atom stereocenters. The van der Waals surface area contributed by atoms with E-state index in [9.17, 15) is 9.90 Å². The zero-order chi connectivity index (χ0) is 14.7. The molecule has 20 heavy (non-hydrogen) atoms. The maximum Gasteiger partial charge on any atom is 0.223 e. The average molecular weight is 279 g/mol. The summed E-state index contributed by atoms with van der Waals surface area (Å²) in [5.41, 5.74) is 0.938. The molecule has 1 N–H and O–H groups in total. The van der Waals surface area contributed by atoms with Gasteiger partial charge < -0.3 is 19.5 Å². The number of ether oxygens (including phenoxy) is 2. The highest BCUT2D eigenvalue weighted by Gasteiger charge is 2.32. The van der Waals surface area contributed by atoms with Crippen molar-refractivity contribution in [2.75, 3.05) is 20.8 Å². The predicted molar refractivity (Wildman–Crippen MR) is 74.8 cm³/mol. The molecule has 2 rings (SSSR count). The number of rotatable bonds is 5. The third-order valence-electron chi connectivity index (χ3n) is 3.78. The first-order chi connectivity index (χ1) is 9.55. The van der Waals surface area contributed by atoms with Crippen LogP contribution in [0.25, 0.3) is 0 Å². The molecule has 1 amide bonds. The van der Waals surface area contributed by atoms with Gasteiger partial charge in [-0.25, -0.2) is 0 Å². The van der Waals surface area contributed by atoms with E-state index in [0.717, 1.165) is 11.3 Å². The minimum absolute atomic E-state index is 0.0201. The summed E-state index contributed by atoms with van der Waals surface area (Å²) in [6.07, 6.45) is -0.0439. The van der Waals surface area contributed by atoms with Crippen molar-refractivity contribution >= 4 is 5.91 Å². The zero-order valence-corrected chi connectivity index (χ0v) is 12.1. The summed E-state index contributed by atoms with van der Waals surface area (Å²) in [4.78, 5) is 13.7. The Hall–Kier alpha value is -1.75. The van der Waals surface area contributed by atoms with Crippen LogP contribution in [0.1, 0.15) is 18.9 Å². The first kappa shape index (κ1) is 14.7. The molecule has 5 nitrogen and oxygen atoms in total. The van der Waals surface area contributed by atoms with E-state index < -0.39 is 6.10 Å². The van der Waals surface area contributed by atoms with Crippen LogP contribution in [0.5, 0.6) is 11.5 Å². The van der Waals surface area contributed by atoms with Crippen molar-refractivity contribution in [2.24, 2.45) is 5.92 Å². The topological polar surface area (TPSA) is 59.0 Å². The Morgan fingerprint density at radius 3 is 2.70 bits per heavy atom. The monoisotopic (exact) mass is 279 g/mol. The van der Waals surface area contributed by atoms with Crippen molar-refractivity contribution in [3.8, 4) is 11.5 Å². The normalized spacial score (nSPS) is 20.1. The number of nitrogens with zero attached hydrogens (tertiary/aromatic N) is 1. The van der Waals surface area contributed by atoms with E-state index in [2.05, 4.69) is 0 Å². The van der Waals surface area contributed by atoms with Crippen molar-refractivity contribution in [1.29, 1.82) is 0 Å². The number of aliphatic hydroxyl groups excluding tert-OH is 1. The second-order valence-electron chi connectivity index (χ2n) is 5.16. The second kappa shape index (κ2) is 6.13. The van der Waals surface area contributed by atoms with Crippen molar-refractivity contribution in [3.05, 3.63) is 23.8 Å². The van der Waals surface area contributed by atoms with E-state index in [1.54, 1.807) is 26.0 Å². The van der Waals surface area contributed by atoms with E-state index >= 15 is 0 Å². The summed E-state index contributed by atoms with van der Waals surface area (Å²) in [5, 5.41) is 9.60. The van der Waals surface area contributed by atoms with Gasteiger partial charge in [0.1, 0.15) is 11.5 Å². The van der Waals surface area contributed by atoms with Gasteiger partial charge in [0.05, 0.1) is 20.3 Å². The van der Waals surface area contributed by atoms with E-state index in [1.807, 2.05) is 18.2 Å². The Labute approximate surface area is 119 Å². The molecule has 1 fully saturated rings. The average Bonchev–Trinajstić information content (AvgIpc) is 2.81. The lowest BCUT2D eigenvalue weighted by Crippen LogP contribution is -2.26. The number of aliphatic hydroxyl groups is 1. The van der Waals surface area contributed by atoms with Gasteiger partial charge in [0.15, 0.2) is 0 Å². The largest absolute Gasteiger partial charge is 0.497 e. The Bertz CT molecular complexity index is 487. The molecule has 0 radical (unpaired) electrons. The third-order valence-corrected chi connectivity index (χ3v) is 3.78. The summed E-state index contributed by atoms with van der Waals surface area (Å²) < 4.78 is 10.5. The van der Waals surface area contributed by atoms with Crippen molar-refractivity contribution in [1.82, 2.24) is 4.90 Å². The summed E-state index contributed by atoms with van der Waals surface area (Å²) in [6.45, 7) is 2.82. The molecule has 110 valence electrons. The molecule has 1 aromatic rings. The maximum absolute atomic E-state index is 12.0. The fourth-order valence-electron chi connectivity index (χ4n) is 2.47. The predicted octanol–water partition coefficient (Wildman–Crippen LogP) is 1.43. The van der Waals surface area contributed by atoms with Crippen LogP contribution in [0.3, 0.4) is 0 Å². The van der Waals surface area contributed by atoms with Crippen LogP contribution in [-0.4, -0.2) is 42.8 Å². The number of benzene rings is 1. The van der Waals surface area contributed by atoms with Gasteiger partial charge >= 0.3 is 0 Å². The standard InChI is InChI=1S/C15H21NO4/c1-10(17)12-6-15(18)16(9-12)8-11-4-5-13(19-2)7-14(11)20-3/h4-5,7,10,12,17H,6,8-9H2,1-3H3. The molecule has 1 heterocycles. The molecule has 0 bridgehead atoms. The van der Waals surface area contributed by atoms with Gasteiger partial charge in [-0.15, -0.1) is 0 Å². The molecule has 1 aromatic carbocycles. The first-order valence-electron chi connectivity index (χ1n) is 6.72. The molecule has 1 aliphatic heterocycles. The number of likely N-dealkylation sites (tertiary alicyclic amines) is 1. The van der Waals surface area contributed by atoms with Gasteiger partial charge in [0, 0.05) is 37.1 Å². The summed E-state index contributed by atoms with van der Waals surface area (Å²) in [7, 11) is 3.20. The summed E-state index contributed by atoms with van der Waals surface area (Å²) >= 11 is 0. The first-order valence-corrected chi connectivity index (χ1v) is 6.72. The summed E-state index contributed by atoms with van der Waals surface area (Å²) in [5.74, 6) is 1.53. The van der Waals surface area contributed by atoms with Gasteiger partial charge in [0.2, 0.25) is 5.91 Å². The summed E-state index contributed by atoms with van der Waals surface area (Å²) in [6, 6.07) is 5.56. The molecule has 0 saturated carbocycles. The lowest BCUT2D eigenvalue weighted by molar-refractivity contribution is -0.128. The molecule has 1 saturated heterocycles. The Morgan fingerprint density at radius 2 is 2.15 bits per heavy atom. The minimum Gasteiger partial charge on any atom is -0.497 e. The number of carbonyl (C=O) groups is 1. The van der Waals surface area contributed by atoms with Crippen LogP contribution >= 0.6 is 0 Å². The number of carbonyl (C=O) groups excluding carboxylic acids is 1. The molecule has 0 aromatic heterocycles. The Balaban J connectivity index is 2.12. The fraction of sp³-hybridized carbons (Fsp3) is 0.533. The van der Waals surface area contributed by atoms with E-state index in [4.69, 9.17) is 9.47 Å². The second-order valence-corrected chi connectivity index (χ2v) is 5.16. The zero-order valence-electron chi connectivity index (χ0n) is 12.1. The van der Waals surface area contributed by atoms with Crippen molar-refractivity contribution < 1.29 is 19.4 Å². The quantitative estimate of drug-likeness (QED) is 0.886. The Morgan fingerprint density at radius 1 is 1.40 bits per heavy atom. The van der Waals surface area contributed by atoms with Crippen LogP contribution in [0.2, 0.25) is 0 Å². The molecule has 1 aliphatic rings. The van der Waals surface area contributed by atoms with Crippen LogP contribution in [0.4, 0.5) is 0 Å². The van der Waals surface area contributed by atoms with E-state index in [-0.39, 0.29) is 11.8 Å². The lowest BCUT2D eigenvalue weighted by atomic mass is 10.0. The highest BCUT2D eigenvalue weighted by molar-refractivity contribution is 5.78. The number of amides is 1. The molecular weight excluding hydrogens is 258 g/mol. The third kappa shape index (κ3) is 3.04. The molecule has 5 heteroatoms. The van der Waals surface area contributed by atoms with E-state index in [1.165, 1.54) is 0 Å². The van der Waals surface area contributed by atoms with Crippen LogP contribution in [0, 0.1) is 5.92 Å². The smallest absolute Gasteiger partial charge is 0.223 e. The lowest BCUT2D eigenvalue weighted by Gasteiger charge is -2.19. The fourth-order valence-corrected chi connectivity index (χ4v) is 2.47.